The Kier molecular flexibility index (Phi) is 6.01. The molecule has 0 spiro atoms. The van der Waals surface area contributed by atoms with Gasteiger partial charge < -0.3 is 5.32 Å². The molecule has 0 radical (unpaired) electrons. The highest BCUT2D eigenvalue weighted by atomic mass is 32.2. The van der Waals surface area contributed by atoms with Gasteiger partial charge in [-0.25, -0.2) is 4.98 Å². The molecule has 0 aliphatic carbocycles. The van der Waals surface area contributed by atoms with Gasteiger partial charge in [0.1, 0.15) is 5.03 Å². The normalized spacial score (nSPS) is 10.7. The Morgan fingerprint density at radius 3 is 2.59 bits per heavy atom. The maximum absolute atomic E-state index is 12.2. The van der Waals surface area contributed by atoms with E-state index in [1.807, 2.05) is 12.3 Å². The molecule has 0 bridgehead atoms. The first kappa shape index (κ1) is 16.6. The monoisotopic (exact) mass is 314 g/mol. The minimum atomic E-state index is -0.0590. The molecule has 2 aromatic rings. The molecule has 0 unspecified atom stereocenters. The molecule has 1 aromatic heterocycles. The van der Waals surface area contributed by atoms with Gasteiger partial charge in [-0.05, 0) is 41.9 Å². The molecule has 1 heterocycles. The number of nitrogens with zero attached hydrogens (tertiary/aromatic N) is 1. The molecular formula is C18H22N2OS. The number of nitrogens with one attached hydrogen (secondary N) is 1. The van der Waals surface area contributed by atoms with E-state index in [1.165, 1.54) is 22.9 Å². The maximum atomic E-state index is 12.2. The van der Waals surface area contributed by atoms with Crippen molar-refractivity contribution >= 4 is 17.7 Å². The van der Waals surface area contributed by atoms with Crippen LogP contribution < -0.4 is 5.32 Å². The summed E-state index contributed by atoms with van der Waals surface area (Å²) in [5.41, 5.74) is 3.22. The predicted octanol–water partition coefficient (Wildman–Crippen LogP) is 3.90. The molecule has 0 aliphatic heterocycles. The van der Waals surface area contributed by atoms with Crippen LogP contribution in [0.15, 0.2) is 47.6 Å². The standard InChI is InChI=1S/C18H22N2OS/c1-13(2)15-8-6-14(7-9-15)10-12-19-17(21)16-5-4-11-20-18(16)22-3/h4-9,11,13H,10,12H2,1-3H3,(H,19,21). The predicted molar refractivity (Wildman–Crippen MR) is 92.6 cm³/mol. The minimum Gasteiger partial charge on any atom is -0.352 e. The number of hydrogen-bond donors (Lipinski definition) is 1. The quantitative estimate of drug-likeness (QED) is 0.822. The first-order valence-electron chi connectivity index (χ1n) is 7.48. The van der Waals surface area contributed by atoms with E-state index in [0.29, 0.717) is 18.0 Å². The molecule has 0 atom stereocenters. The molecule has 22 heavy (non-hydrogen) atoms. The summed E-state index contributed by atoms with van der Waals surface area (Å²) in [7, 11) is 0. The lowest BCUT2D eigenvalue weighted by atomic mass is 10.0. The molecule has 2 rings (SSSR count). The van der Waals surface area contributed by atoms with E-state index in [4.69, 9.17) is 0 Å². The van der Waals surface area contributed by atoms with E-state index >= 15 is 0 Å². The second kappa shape index (κ2) is 7.99. The molecule has 1 N–H and O–H groups in total. The number of aromatic nitrogens is 1. The van der Waals surface area contributed by atoms with Crippen LogP contribution in [0.3, 0.4) is 0 Å². The van der Waals surface area contributed by atoms with Gasteiger partial charge in [-0.1, -0.05) is 38.1 Å². The number of rotatable bonds is 6. The highest BCUT2D eigenvalue weighted by Gasteiger charge is 2.10. The summed E-state index contributed by atoms with van der Waals surface area (Å²) in [4.78, 5) is 16.4. The van der Waals surface area contributed by atoms with E-state index in [2.05, 4.69) is 48.4 Å². The Hall–Kier alpha value is -1.81. The zero-order chi connectivity index (χ0) is 15.9. The van der Waals surface area contributed by atoms with Gasteiger partial charge in [-0.2, -0.15) is 0 Å². The fourth-order valence-corrected chi connectivity index (χ4v) is 2.76. The third-order valence-electron chi connectivity index (χ3n) is 3.55. The summed E-state index contributed by atoms with van der Waals surface area (Å²) < 4.78 is 0. The van der Waals surface area contributed by atoms with Crippen molar-refractivity contribution in [2.24, 2.45) is 0 Å². The van der Waals surface area contributed by atoms with E-state index in [-0.39, 0.29) is 5.91 Å². The number of carbonyl (C=O) groups excluding carboxylic acids is 1. The maximum Gasteiger partial charge on any atom is 0.254 e. The SMILES string of the molecule is CSc1ncccc1C(=O)NCCc1ccc(C(C)C)cc1. The molecule has 0 saturated heterocycles. The van der Waals surface area contributed by atoms with Crippen LogP contribution in [0.25, 0.3) is 0 Å². The molecule has 3 nitrogen and oxygen atoms in total. The minimum absolute atomic E-state index is 0.0590. The van der Waals surface area contributed by atoms with E-state index in [1.54, 1.807) is 12.3 Å². The van der Waals surface area contributed by atoms with Gasteiger partial charge in [-0.3, -0.25) is 4.79 Å². The summed E-state index contributed by atoms with van der Waals surface area (Å²) in [6.45, 7) is 5.00. The number of benzene rings is 1. The third kappa shape index (κ3) is 4.34. The average molecular weight is 314 g/mol. The lowest BCUT2D eigenvalue weighted by Crippen LogP contribution is -2.26. The summed E-state index contributed by atoms with van der Waals surface area (Å²) in [6.07, 6.45) is 4.47. The average Bonchev–Trinajstić information content (AvgIpc) is 2.55. The fourth-order valence-electron chi connectivity index (χ4n) is 2.21. The molecule has 0 aliphatic rings. The molecular weight excluding hydrogens is 292 g/mol. The van der Waals surface area contributed by atoms with Gasteiger partial charge >= 0.3 is 0 Å². The van der Waals surface area contributed by atoms with Gasteiger partial charge in [0, 0.05) is 12.7 Å². The Balaban J connectivity index is 1.89. The van der Waals surface area contributed by atoms with Crippen LogP contribution in [0.2, 0.25) is 0 Å². The summed E-state index contributed by atoms with van der Waals surface area (Å²) >= 11 is 1.49. The molecule has 116 valence electrons. The number of amides is 1. The Morgan fingerprint density at radius 2 is 1.95 bits per heavy atom. The van der Waals surface area contributed by atoms with Crippen LogP contribution in [-0.2, 0) is 6.42 Å². The van der Waals surface area contributed by atoms with Crippen LogP contribution in [0.1, 0.15) is 41.3 Å². The second-order valence-electron chi connectivity index (χ2n) is 5.46. The third-order valence-corrected chi connectivity index (χ3v) is 4.27. The first-order valence-corrected chi connectivity index (χ1v) is 8.70. The highest BCUT2D eigenvalue weighted by molar-refractivity contribution is 7.98. The topological polar surface area (TPSA) is 42.0 Å². The molecule has 1 aromatic carbocycles. The van der Waals surface area contributed by atoms with Crippen molar-refractivity contribution in [1.82, 2.24) is 10.3 Å². The van der Waals surface area contributed by atoms with Crippen LogP contribution in [0.5, 0.6) is 0 Å². The Morgan fingerprint density at radius 1 is 1.23 bits per heavy atom. The van der Waals surface area contributed by atoms with Crippen molar-refractivity contribution < 1.29 is 4.79 Å². The summed E-state index contributed by atoms with van der Waals surface area (Å²) in [5, 5.41) is 3.73. The van der Waals surface area contributed by atoms with Crippen molar-refractivity contribution in [2.75, 3.05) is 12.8 Å². The zero-order valence-corrected chi connectivity index (χ0v) is 14.1. The number of thioether (sulfide) groups is 1. The van der Waals surface area contributed by atoms with Crippen molar-refractivity contribution in [3.63, 3.8) is 0 Å². The van der Waals surface area contributed by atoms with Gasteiger partial charge in [0.15, 0.2) is 0 Å². The van der Waals surface area contributed by atoms with E-state index < -0.39 is 0 Å². The zero-order valence-electron chi connectivity index (χ0n) is 13.3. The molecule has 1 amide bonds. The van der Waals surface area contributed by atoms with Crippen molar-refractivity contribution in [2.45, 2.75) is 31.2 Å². The lowest BCUT2D eigenvalue weighted by Gasteiger charge is -2.09. The van der Waals surface area contributed by atoms with Crippen LogP contribution in [0.4, 0.5) is 0 Å². The van der Waals surface area contributed by atoms with Crippen LogP contribution >= 0.6 is 11.8 Å². The fraction of sp³-hybridized carbons (Fsp3) is 0.333. The van der Waals surface area contributed by atoms with Gasteiger partial charge in [0.05, 0.1) is 5.56 Å². The molecule has 4 heteroatoms. The molecule has 0 fully saturated rings. The van der Waals surface area contributed by atoms with E-state index in [9.17, 15) is 4.79 Å². The van der Waals surface area contributed by atoms with Gasteiger partial charge in [-0.15, -0.1) is 11.8 Å². The smallest absolute Gasteiger partial charge is 0.254 e. The Bertz CT molecular complexity index is 623. The lowest BCUT2D eigenvalue weighted by molar-refractivity contribution is 0.0950. The largest absolute Gasteiger partial charge is 0.352 e. The summed E-state index contributed by atoms with van der Waals surface area (Å²) in [5.74, 6) is 0.487. The van der Waals surface area contributed by atoms with Crippen molar-refractivity contribution in [3.8, 4) is 0 Å². The van der Waals surface area contributed by atoms with Crippen LogP contribution in [-0.4, -0.2) is 23.7 Å². The van der Waals surface area contributed by atoms with Crippen molar-refractivity contribution in [3.05, 3.63) is 59.3 Å². The number of hydrogen-bond acceptors (Lipinski definition) is 3. The van der Waals surface area contributed by atoms with Gasteiger partial charge in [0.25, 0.3) is 5.91 Å². The number of pyridine rings is 1. The van der Waals surface area contributed by atoms with Crippen molar-refractivity contribution in [1.29, 1.82) is 0 Å². The summed E-state index contributed by atoms with van der Waals surface area (Å²) in [6, 6.07) is 12.2. The van der Waals surface area contributed by atoms with E-state index in [0.717, 1.165) is 11.4 Å². The first-order chi connectivity index (χ1) is 10.6. The van der Waals surface area contributed by atoms with Crippen LogP contribution in [0, 0.1) is 0 Å². The highest BCUT2D eigenvalue weighted by Crippen LogP contribution is 2.17. The molecule has 0 saturated carbocycles. The Labute approximate surface area is 136 Å². The second-order valence-corrected chi connectivity index (χ2v) is 6.26. The number of carbonyl (C=O) groups is 1. The van der Waals surface area contributed by atoms with Gasteiger partial charge in [0.2, 0.25) is 0 Å².